The van der Waals surface area contributed by atoms with Crippen molar-refractivity contribution < 1.29 is 29.0 Å². The molecule has 8 nitrogen and oxygen atoms in total. The van der Waals surface area contributed by atoms with Gasteiger partial charge in [-0.2, -0.15) is 0 Å². The number of ether oxygens (including phenoxy) is 1. The summed E-state index contributed by atoms with van der Waals surface area (Å²) in [6, 6.07) is 33.1. The molecular formula is C41H36N2O6. The van der Waals surface area contributed by atoms with Gasteiger partial charge in [-0.3, -0.25) is 24.1 Å². The van der Waals surface area contributed by atoms with Crippen molar-refractivity contribution in [3.8, 4) is 11.5 Å². The van der Waals surface area contributed by atoms with Crippen LogP contribution < -0.4 is 9.64 Å². The van der Waals surface area contributed by atoms with Crippen LogP contribution in [-0.4, -0.2) is 33.6 Å². The van der Waals surface area contributed by atoms with Gasteiger partial charge in [0.05, 0.1) is 35.4 Å². The molecule has 8 rings (SSSR count). The monoisotopic (exact) mass is 652 g/mol. The van der Waals surface area contributed by atoms with E-state index in [0.717, 1.165) is 16.7 Å². The minimum Gasteiger partial charge on any atom is -0.508 e. The summed E-state index contributed by atoms with van der Waals surface area (Å²) >= 11 is 0. The quantitative estimate of drug-likeness (QED) is 0.183. The number of carbonyl (C=O) groups is 4. The highest BCUT2D eigenvalue weighted by atomic mass is 16.5. The fourth-order valence-corrected chi connectivity index (χ4v) is 8.77. The van der Waals surface area contributed by atoms with Gasteiger partial charge >= 0.3 is 0 Å². The number of likely N-dealkylation sites (tertiary alicyclic amines) is 1. The average Bonchev–Trinajstić information content (AvgIpc) is 3.48. The molecule has 2 aliphatic carbocycles. The van der Waals surface area contributed by atoms with Crippen LogP contribution in [0.5, 0.6) is 11.5 Å². The molecule has 1 N–H and O–H groups in total. The van der Waals surface area contributed by atoms with Crippen molar-refractivity contribution in [1.29, 1.82) is 0 Å². The van der Waals surface area contributed by atoms with Crippen LogP contribution in [0.1, 0.15) is 42.4 Å². The second-order valence-electron chi connectivity index (χ2n) is 13.7. The lowest BCUT2D eigenvalue weighted by Crippen LogP contribution is -2.48. The molecule has 1 saturated carbocycles. The van der Waals surface area contributed by atoms with Crippen molar-refractivity contribution in [2.45, 2.75) is 38.8 Å². The Morgan fingerprint density at radius 1 is 0.776 bits per heavy atom. The normalized spacial score (nSPS) is 27.4. The number of fused-ring (bicyclic) bond motifs is 4. The molecule has 6 atom stereocenters. The van der Waals surface area contributed by atoms with Crippen molar-refractivity contribution in [3.63, 3.8) is 0 Å². The van der Waals surface area contributed by atoms with Gasteiger partial charge in [0.1, 0.15) is 18.1 Å². The molecule has 3 fully saturated rings. The number of hydrogen-bond acceptors (Lipinski definition) is 6. The summed E-state index contributed by atoms with van der Waals surface area (Å²) in [5.41, 5.74) is 2.39. The molecule has 4 aliphatic rings. The molecule has 0 radical (unpaired) electrons. The van der Waals surface area contributed by atoms with Gasteiger partial charge in [0.25, 0.3) is 0 Å². The fraction of sp³-hybridized carbons (Fsp3) is 0.268. The maximum atomic E-state index is 14.6. The van der Waals surface area contributed by atoms with Crippen molar-refractivity contribution in [2.24, 2.45) is 29.1 Å². The van der Waals surface area contributed by atoms with Crippen molar-refractivity contribution >= 4 is 29.3 Å². The number of para-hydroxylation sites is 1. The minimum atomic E-state index is -1.25. The Kier molecular flexibility index (Phi) is 7.47. The van der Waals surface area contributed by atoms with E-state index in [0.29, 0.717) is 30.0 Å². The molecule has 0 bridgehead atoms. The number of phenols is 1. The Bertz CT molecular complexity index is 1990. The Morgan fingerprint density at radius 3 is 2.10 bits per heavy atom. The zero-order valence-electron chi connectivity index (χ0n) is 27.1. The lowest BCUT2D eigenvalue weighted by atomic mass is 9.51. The molecule has 246 valence electrons. The van der Waals surface area contributed by atoms with E-state index in [9.17, 15) is 24.3 Å². The SMILES string of the molecule is CC12C(=O)N(c3ccccc3)C(=O)C1CC1C(=CCC3C(=O)N(Cc4ccccc4)C(=O)C31)C2c1ccc(OCc2ccccc2)cc1O. The van der Waals surface area contributed by atoms with Crippen LogP contribution in [0, 0.1) is 29.1 Å². The standard InChI is InChI=1S/C41H36N2O6/c1-41-33(38(46)43(40(41)48)27-15-9-4-10-16-27)22-32-29(19-20-31-35(32)39(47)42(37(31)45)23-25-11-5-2-6-12-25)36(41)30-18-17-28(21-34(30)44)49-24-26-13-7-3-8-14-26/h2-19,21,31-33,35-36,44H,20,22-24H2,1H3. The van der Waals surface area contributed by atoms with Crippen LogP contribution in [0.25, 0.3) is 0 Å². The Hall–Kier alpha value is -5.50. The molecule has 6 unspecified atom stereocenters. The van der Waals surface area contributed by atoms with Gasteiger partial charge < -0.3 is 9.84 Å². The molecule has 4 aromatic rings. The number of benzene rings is 4. The predicted molar refractivity (Wildman–Crippen MR) is 182 cm³/mol. The van der Waals surface area contributed by atoms with E-state index in [1.54, 1.807) is 42.5 Å². The second kappa shape index (κ2) is 11.9. The first kappa shape index (κ1) is 30.8. The summed E-state index contributed by atoms with van der Waals surface area (Å²) in [6.07, 6.45) is 2.59. The largest absolute Gasteiger partial charge is 0.508 e. The summed E-state index contributed by atoms with van der Waals surface area (Å²) < 4.78 is 6.00. The summed E-state index contributed by atoms with van der Waals surface area (Å²) in [6.45, 7) is 2.31. The third-order valence-corrected chi connectivity index (χ3v) is 11.1. The number of aromatic hydroxyl groups is 1. The highest BCUT2D eigenvalue weighted by Crippen LogP contribution is 2.64. The van der Waals surface area contributed by atoms with Gasteiger partial charge in [0.15, 0.2) is 0 Å². The van der Waals surface area contributed by atoms with Crippen LogP contribution >= 0.6 is 0 Å². The van der Waals surface area contributed by atoms with Gasteiger partial charge in [-0.25, -0.2) is 4.90 Å². The molecule has 49 heavy (non-hydrogen) atoms. The van der Waals surface area contributed by atoms with Crippen LogP contribution in [0.2, 0.25) is 0 Å². The van der Waals surface area contributed by atoms with Crippen LogP contribution in [0.4, 0.5) is 5.69 Å². The van der Waals surface area contributed by atoms with Gasteiger partial charge in [-0.15, -0.1) is 0 Å². The first-order valence-corrected chi connectivity index (χ1v) is 16.8. The molecule has 2 heterocycles. The number of nitrogens with zero attached hydrogens (tertiary/aromatic N) is 2. The van der Waals surface area contributed by atoms with E-state index in [4.69, 9.17) is 4.74 Å². The molecule has 0 spiro atoms. The summed E-state index contributed by atoms with van der Waals surface area (Å²) in [7, 11) is 0. The second-order valence-corrected chi connectivity index (χ2v) is 13.7. The highest BCUT2D eigenvalue weighted by Gasteiger charge is 2.67. The number of imide groups is 2. The maximum Gasteiger partial charge on any atom is 0.241 e. The molecule has 8 heteroatoms. The number of amides is 4. The number of anilines is 1. The lowest BCUT2D eigenvalue weighted by Gasteiger charge is -2.49. The van der Waals surface area contributed by atoms with Gasteiger partial charge in [-0.1, -0.05) is 96.6 Å². The molecule has 0 aromatic heterocycles. The third kappa shape index (κ3) is 4.88. The maximum absolute atomic E-state index is 14.6. The topological polar surface area (TPSA) is 104 Å². The summed E-state index contributed by atoms with van der Waals surface area (Å²) in [5.74, 6) is -3.87. The molecule has 2 saturated heterocycles. The number of phenolic OH excluding ortho intramolecular Hbond substituents is 1. The van der Waals surface area contributed by atoms with Crippen LogP contribution in [0.3, 0.4) is 0 Å². The van der Waals surface area contributed by atoms with E-state index >= 15 is 0 Å². The smallest absolute Gasteiger partial charge is 0.241 e. The zero-order chi connectivity index (χ0) is 33.9. The molecule has 4 aromatic carbocycles. The first-order valence-electron chi connectivity index (χ1n) is 16.8. The van der Waals surface area contributed by atoms with Gasteiger partial charge in [0.2, 0.25) is 23.6 Å². The number of hydrogen-bond donors (Lipinski definition) is 1. The Balaban J connectivity index is 1.20. The van der Waals surface area contributed by atoms with E-state index < -0.39 is 35.0 Å². The predicted octanol–water partition coefficient (Wildman–Crippen LogP) is 6.40. The van der Waals surface area contributed by atoms with E-state index in [1.807, 2.05) is 79.7 Å². The number of allylic oxidation sites excluding steroid dienone is 2. The average molecular weight is 653 g/mol. The van der Waals surface area contributed by atoms with E-state index in [2.05, 4.69) is 0 Å². The Morgan fingerprint density at radius 2 is 1.43 bits per heavy atom. The summed E-state index contributed by atoms with van der Waals surface area (Å²) in [5, 5.41) is 11.6. The van der Waals surface area contributed by atoms with Gasteiger partial charge in [0, 0.05) is 17.5 Å². The molecule has 2 aliphatic heterocycles. The fourth-order valence-electron chi connectivity index (χ4n) is 8.77. The van der Waals surface area contributed by atoms with Crippen LogP contribution in [-0.2, 0) is 32.3 Å². The lowest BCUT2D eigenvalue weighted by molar-refractivity contribution is -0.141. The van der Waals surface area contributed by atoms with E-state index in [-0.39, 0.29) is 42.3 Å². The third-order valence-electron chi connectivity index (χ3n) is 11.1. The van der Waals surface area contributed by atoms with E-state index in [1.165, 1.54) is 9.80 Å². The highest BCUT2D eigenvalue weighted by molar-refractivity contribution is 6.24. The molecule has 4 amide bonds. The van der Waals surface area contributed by atoms with Gasteiger partial charge in [-0.05, 0) is 55.0 Å². The first-order chi connectivity index (χ1) is 23.8. The van der Waals surface area contributed by atoms with Crippen molar-refractivity contribution in [3.05, 3.63) is 138 Å². The molecular weight excluding hydrogens is 616 g/mol. The van der Waals surface area contributed by atoms with Crippen molar-refractivity contribution in [2.75, 3.05) is 4.90 Å². The summed E-state index contributed by atoms with van der Waals surface area (Å²) in [4.78, 5) is 59.6. The minimum absolute atomic E-state index is 0.0582. The van der Waals surface area contributed by atoms with Crippen LogP contribution in [0.15, 0.2) is 121 Å². The zero-order valence-corrected chi connectivity index (χ0v) is 27.1. The Labute approximate surface area is 284 Å². The number of carbonyl (C=O) groups excluding carboxylic acids is 4. The number of rotatable bonds is 7. The van der Waals surface area contributed by atoms with Crippen molar-refractivity contribution in [1.82, 2.24) is 4.90 Å².